The van der Waals surface area contributed by atoms with Crippen molar-refractivity contribution in [3.63, 3.8) is 0 Å². The van der Waals surface area contributed by atoms with Gasteiger partial charge in [0.1, 0.15) is 0 Å². The second-order valence-corrected chi connectivity index (χ2v) is 6.35. The molecule has 124 valence electrons. The molecule has 1 aromatic heterocycles. The maximum absolute atomic E-state index is 12.6. The van der Waals surface area contributed by atoms with Gasteiger partial charge in [-0.3, -0.25) is 4.79 Å². The summed E-state index contributed by atoms with van der Waals surface area (Å²) in [6.07, 6.45) is 2.47. The highest BCUT2D eigenvalue weighted by Gasteiger charge is 2.20. The van der Waals surface area contributed by atoms with E-state index in [-0.39, 0.29) is 5.91 Å². The average molecular weight is 321 g/mol. The van der Waals surface area contributed by atoms with Crippen LogP contribution in [0.25, 0.3) is 10.9 Å². The Morgan fingerprint density at radius 3 is 2.62 bits per heavy atom. The standard InChI is InChI=1S/C20H23N3O/c1-14-7-9-15(10-8-14)13-23(2)20(24)18(21)11-16-12-22-19-6-4-3-5-17(16)19/h3-10,12,18,22H,11,13,21H2,1-2H3/t18-/m0/s1. The zero-order valence-electron chi connectivity index (χ0n) is 14.1. The zero-order valence-corrected chi connectivity index (χ0v) is 14.1. The van der Waals surface area contributed by atoms with Crippen molar-refractivity contribution in [2.45, 2.75) is 25.9 Å². The first-order valence-corrected chi connectivity index (χ1v) is 8.15. The van der Waals surface area contributed by atoms with Crippen LogP contribution in [0, 0.1) is 6.92 Å². The smallest absolute Gasteiger partial charge is 0.239 e. The molecule has 0 aliphatic rings. The number of fused-ring (bicyclic) bond motifs is 1. The Morgan fingerprint density at radius 2 is 1.88 bits per heavy atom. The Hall–Kier alpha value is -2.59. The fourth-order valence-electron chi connectivity index (χ4n) is 2.95. The molecule has 3 rings (SSSR count). The molecule has 0 aliphatic carbocycles. The molecule has 24 heavy (non-hydrogen) atoms. The number of carbonyl (C=O) groups is 1. The third kappa shape index (κ3) is 3.49. The van der Waals surface area contributed by atoms with Gasteiger partial charge in [-0.1, -0.05) is 48.0 Å². The second kappa shape index (κ2) is 6.89. The number of H-pyrrole nitrogens is 1. The molecule has 0 unspecified atom stereocenters. The monoisotopic (exact) mass is 321 g/mol. The van der Waals surface area contributed by atoms with Gasteiger partial charge in [0.05, 0.1) is 6.04 Å². The Bertz CT molecular complexity index is 835. The van der Waals surface area contributed by atoms with Gasteiger partial charge in [0.25, 0.3) is 0 Å². The molecule has 0 aliphatic heterocycles. The molecule has 0 spiro atoms. The number of hydrogen-bond donors (Lipinski definition) is 2. The van der Waals surface area contributed by atoms with Crippen LogP contribution in [0.1, 0.15) is 16.7 Å². The van der Waals surface area contributed by atoms with Gasteiger partial charge in [-0.15, -0.1) is 0 Å². The van der Waals surface area contributed by atoms with Gasteiger partial charge in [-0.2, -0.15) is 0 Å². The van der Waals surface area contributed by atoms with E-state index in [9.17, 15) is 4.79 Å². The molecule has 1 amide bonds. The molecule has 1 heterocycles. The van der Waals surface area contributed by atoms with Crippen molar-refractivity contribution in [1.29, 1.82) is 0 Å². The average Bonchev–Trinajstić information content (AvgIpc) is 2.99. The van der Waals surface area contributed by atoms with Crippen molar-refractivity contribution in [3.05, 3.63) is 71.4 Å². The number of nitrogens with zero attached hydrogens (tertiary/aromatic N) is 1. The molecule has 0 bridgehead atoms. The molecule has 0 saturated heterocycles. The number of nitrogens with one attached hydrogen (secondary N) is 1. The van der Waals surface area contributed by atoms with Crippen molar-refractivity contribution >= 4 is 16.8 Å². The summed E-state index contributed by atoms with van der Waals surface area (Å²) in [4.78, 5) is 17.5. The van der Waals surface area contributed by atoms with Crippen molar-refractivity contribution in [2.75, 3.05) is 7.05 Å². The Kier molecular flexibility index (Phi) is 4.67. The van der Waals surface area contributed by atoms with E-state index in [0.29, 0.717) is 13.0 Å². The number of nitrogens with two attached hydrogens (primary N) is 1. The number of rotatable bonds is 5. The van der Waals surface area contributed by atoms with E-state index in [4.69, 9.17) is 5.73 Å². The lowest BCUT2D eigenvalue weighted by Gasteiger charge is -2.21. The Labute approximate surface area is 142 Å². The molecule has 3 N–H and O–H groups in total. The van der Waals surface area contributed by atoms with Crippen molar-refractivity contribution < 1.29 is 4.79 Å². The molecule has 4 nitrogen and oxygen atoms in total. The molecule has 3 aromatic rings. The third-order valence-electron chi connectivity index (χ3n) is 4.35. The predicted molar refractivity (Wildman–Crippen MR) is 97.6 cm³/mol. The van der Waals surface area contributed by atoms with Crippen LogP contribution in [0.2, 0.25) is 0 Å². The zero-order chi connectivity index (χ0) is 17.1. The van der Waals surface area contributed by atoms with E-state index in [1.54, 1.807) is 11.9 Å². The summed E-state index contributed by atoms with van der Waals surface area (Å²) in [5.74, 6) is -0.0409. The van der Waals surface area contributed by atoms with Crippen molar-refractivity contribution in [3.8, 4) is 0 Å². The number of carbonyl (C=O) groups excluding carboxylic acids is 1. The summed E-state index contributed by atoms with van der Waals surface area (Å²) >= 11 is 0. The summed E-state index contributed by atoms with van der Waals surface area (Å²) in [6.45, 7) is 2.62. The largest absolute Gasteiger partial charge is 0.361 e. The molecular formula is C20H23N3O. The van der Waals surface area contributed by atoms with Crippen LogP contribution >= 0.6 is 0 Å². The molecule has 4 heteroatoms. The lowest BCUT2D eigenvalue weighted by atomic mass is 10.0. The second-order valence-electron chi connectivity index (χ2n) is 6.35. The van der Waals surface area contributed by atoms with Crippen molar-refractivity contribution in [1.82, 2.24) is 9.88 Å². The molecular weight excluding hydrogens is 298 g/mol. The number of aromatic nitrogens is 1. The van der Waals surface area contributed by atoms with Gasteiger partial charge in [0.2, 0.25) is 5.91 Å². The number of likely N-dealkylation sites (N-methyl/N-ethyl adjacent to an activating group) is 1. The molecule has 2 aromatic carbocycles. The summed E-state index contributed by atoms with van der Waals surface area (Å²) in [5, 5.41) is 1.13. The van der Waals surface area contributed by atoms with E-state index in [1.165, 1.54) is 5.56 Å². The van der Waals surface area contributed by atoms with E-state index in [1.807, 2.05) is 42.6 Å². The van der Waals surface area contributed by atoms with Crippen LogP contribution in [0.15, 0.2) is 54.7 Å². The first-order valence-electron chi connectivity index (χ1n) is 8.15. The number of amides is 1. The molecule has 0 fully saturated rings. The van der Waals surface area contributed by atoms with Crippen molar-refractivity contribution in [2.24, 2.45) is 5.73 Å². The maximum Gasteiger partial charge on any atom is 0.239 e. The normalized spacial score (nSPS) is 12.3. The topological polar surface area (TPSA) is 62.1 Å². The summed E-state index contributed by atoms with van der Waals surface area (Å²) in [6, 6.07) is 15.7. The highest BCUT2D eigenvalue weighted by atomic mass is 16.2. The van der Waals surface area contributed by atoms with E-state index in [0.717, 1.165) is 22.0 Å². The van der Waals surface area contributed by atoms with Gasteiger partial charge in [-0.25, -0.2) is 0 Å². The summed E-state index contributed by atoms with van der Waals surface area (Å²) < 4.78 is 0. The van der Waals surface area contributed by atoms with Crippen LogP contribution in [0.4, 0.5) is 0 Å². The minimum atomic E-state index is -0.542. The first-order chi connectivity index (χ1) is 11.5. The van der Waals surface area contributed by atoms with E-state index in [2.05, 4.69) is 24.0 Å². The maximum atomic E-state index is 12.6. The van der Waals surface area contributed by atoms with Gasteiger partial charge in [0, 0.05) is 30.7 Å². The molecule has 0 saturated carbocycles. The third-order valence-corrected chi connectivity index (χ3v) is 4.35. The number of aryl methyl sites for hydroxylation is 1. The number of hydrogen-bond acceptors (Lipinski definition) is 2. The van der Waals surface area contributed by atoms with Crippen LogP contribution in [0.5, 0.6) is 0 Å². The van der Waals surface area contributed by atoms with Gasteiger partial charge in [-0.05, 0) is 30.5 Å². The van der Waals surface area contributed by atoms with Crippen LogP contribution < -0.4 is 5.73 Å². The number of benzene rings is 2. The quantitative estimate of drug-likeness (QED) is 0.759. The van der Waals surface area contributed by atoms with E-state index < -0.39 is 6.04 Å². The Morgan fingerprint density at radius 1 is 1.17 bits per heavy atom. The number of aromatic amines is 1. The van der Waals surface area contributed by atoms with Crippen LogP contribution in [-0.2, 0) is 17.8 Å². The van der Waals surface area contributed by atoms with Gasteiger partial charge in [0.15, 0.2) is 0 Å². The fourth-order valence-corrected chi connectivity index (χ4v) is 2.95. The SMILES string of the molecule is Cc1ccc(CN(C)C(=O)[C@@H](N)Cc2c[nH]c3ccccc23)cc1. The lowest BCUT2D eigenvalue weighted by molar-refractivity contribution is -0.131. The predicted octanol–water partition coefficient (Wildman–Crippen LogP) is 3.00. The lowest BCUT2D eigenvalue weighted by Crippen LogP contribution is -2.42. The first kappa shape index (κ1) is 16.3. The molecule has 1 atom stereocenters. The van der Waals surface area contributed by atoms with Gasteiger partial charge >= 0.3 is 0 Å². The highest BCUT2D eigenvalue weighted by Crippen LogP contribution is 2.19. The molecule has 0 radical (unpaired) electrons. The highest BCUT2D eigenvalue weighted by molar-refractivity contribution is 5.86. The minimum Gasteiger partial charge on any atom is -0.361 e. The summed E-state index contributed by atoms with van der Waals surface area (Å²) in [7, 11) is 1.80. The fraction of sp³-hybridized carbons (Fsp3) is 0.250. The van der Waals surface area contributed by atoms with Crippen LogP contribution in [0.3, 0.4) is 0 Å². The Balaban J connectivity index is 1.66. The number of para-hydroxylation sites is 1. The summed E-state index contributed by atoms with van der Waals surface area (Å²) in [5.41, 5.74) is 10.6. The van der Waals surface area contributed by atoms with Crippen LogP contribution in [-0.4, -0.2) is 28.9 Å². The van der Waals surface area contributed by atoms with E-state index >= 15 is 0 Å². The van der Waals surface area contributed by atoms with Gasteiger partial charge < -0.3 is 15.6 Å². The minimum absolute atomic E-state index is 0.0409.